The SMILES string of the molecule is C#CC(C)NCC1CN2CCCC2CO1. The zero-order valence-corrected chi connectivity index (χ0v) is 9.41. The molecule has 2 fully saturated rings. The molecule has 1 N–H and O–H groups in total. The predicted molar refractivity (Wildman–Crippen MR) is 60.6 cm³/mol. The summed E-state index contributed by atoms with van der Waals surface area (Å²) in [6.07, 6.45) is 8.26. The maximum Gasteiger partial charge on any atom is 0.0827 e. The summed E-state index contributed by atoms with van der Waals surface area (Å²) in [6.45, 7) is 6.08. The van der Waals surface area contributed by atoms with Gasteiger partial charge >= 0.3 is 0 Å². The molecular weight excluding hydrogens is 188 g/mol. The summed E-state index contributed by atoms with van der Waals surface area (Å²) >= 11 is 0. The number of morpholine rings is 1. The van der Waals surface area contributed by atoms with Gasteiger partial charge in [-0.15, -0.1) is 6.42 Å². The minimum atomic E-state index is 0.143. The van der Waals surface area contributed by atoms with E-state index in [1.807, 2.05) is 6.92 Å². The van der Waals surface area contributed by atoms with Crippen LogP contribution in [0.1, 0.15) is 19.8 Å². The van der Waals surface area contributed by atoms with E-state index in [0.29, 0.717) is 12.1 Å². The first-order valence-electron chi connectivity index (χ1n) is 5.84. The average molecular weight is 208 g/mol. The number of ether oxygens (including phenoxy) is 1. The van der Waals surface area contributed by atoms with Gasteiger partial charge in [-0.25, -0.2) is 0 Å². The van der Waals surface area contributed by atoms with Crippen molar-refractivity contribution in [2.24, 2.45) is 0 Å². The van der Waals surface area contributed by atoms with Crippen LogP contribution in [0.3, 0.4) is 0 Å². The van der Waals surface area contributed by atoms with Gasteiger partial charge in [0, 0.05) is 19.1 Å². The first-order valence-corrected chi connectivity index (χ1v) is 5.84. The standard InChI is InChI=1S/C12H20N2O/c1-3-10(2)13-7-12-8-14-6-4-5-11(14)9-15-12/h1,10-13H,4-9H2,2H3. The van der Waals surface area contributed by atoms with Gasteiger partial charge < -0.3 is 10.1 Å². The Morgan fingerprint density at radius 2 is 2.53 bits per heavy atom. The molecule has 15 heavy (non-hydrogen) atoms. The van der Waals surface area contributed by atoms with Crippen LogP contribution in [0.15, 0.2) is 0 Å². The first kappa shape index (κ1) is 10.9. The van der Waals surface area contributed by atoms with Gasteiger partial charge in [-0.1, -0.05) is 5.92 Å². The number of terminal acetylenes is 1. The quantitative estimate of drug-likeness (QED) is 0.682. The van der Waals surface area contributed by atoms with Gasteiger partial charge in [0.2, 0.25) is 0 Å². The van der Waals surface area contributed by atoms with Crippen LogP contribution in [0.4, 0.5) is 0 Å². The van der Waals surface area contributed by atoms with Crippen LogP contribution < -0.4 is 5.32 Å². The fraction of sp³-hybridized carbons (Fsp3) is 0.833. The molecule has 0 aromatic rings. The molecule has 3 unspecified atom stereocenters. The van der Waals surface area contributed by atoms with Crippen molar-refractivity contribution < 1.29 is 4.74 Å². The molecule has 0 bridgehead atoms. The number of rotatable bonds is 3. The maximum absolute atomic E-state index is 5.81. The summed E-state index contributed by atoms with van der Waals surface area (Å²) < 4.78 is 5.81. The molecule has 0 saturated carbocycles. The van der Waals surface area contributed by atoms with E-state index < -0.39 is 0 Å². The number of nitrogens with zero attached hydrogens (tertiary/aromatic N) is 1. The van der Waals surface area contributed by atoms with E-state index in [0.717, 1.165) is 19.7 Å². The third-order valence-electron chi connectivity index (χ3n) is 3.36. The Bertz CT molecular complexity index is 248. The van der Waals surface area contributed by atoms with Crippen molar-refractivity contribution in [3.8, 4) is 12.3 Å². The highest BCUT2D eigenvalue weighted by Gasteiger charge is 2.31. The number of hydrogen-bond acceptors (Lipinski definition) is 3. The van der Waals surface area contributed by atoms with Crippen molar-refractivity contribution in [2.75, 3.05) is 26.2 Å². The van der Waals surface area contributed by atoms with Crippen molar-refractivity contribution in [3.63, 3.8) is 0 Å². The second-order valence-electron chi connectivity index (χ2n) is 4.54. The van der Waals surface area contributed by atoms with E-state index in [2.05, 4.69) is 16.1 Å². The second-order valence-corrected chi connectivity index (χ2v) is 4.54. The molecule has 3 nitrogen and oxygen atoms in total. The highest BCUT2D eigenvalue weighted by molar-refractivity contribution is 4.96. The lowest BCUT2D eigenvalue weighted by Crippen LogP contribution is -2.50. The molecular formula is C12H20N2O. The van der Waals surface area contributed by atoms with Crippen molar-refractivity contribution in [2.45, 2.75) is 38.0 Å². The van der Waals surface area contributed by atoms with E-state index >= 15 is 0 Å². The lowest BCUT2D eigenvalue weighted by molar-refractivity contribution is -0.0472. The Hall–Kier alpha value is -0.560. The maximum atomic E-state index is 5.81. The van der Waals surface area contributed by atoms with Crippen LogP contribution in [0.25, 0.3) is 0 Å². The molecule has 3 heteroatoms. The van der Waals surface area contributed by atoms with Crippen molar-refractivity contribution in [1.29, 1.82) is 0 Å². The summed E-state index contributed by atoms with van der Waals surface area (Å²) in [5.74, 6) is 2.67. The monoisotopic (exact) mass is 208 g/mol. The molecule has 2 aliphatic heterocycles. The number of fused-ring (bicyclic) bond motifs is 1. The largest absolute Gasteiger partial charge is 0.374 e. The molecule has 2 saturated heterocycles. The van der Waals surface area contributed by atoms with Crippen LogP contribution in [0.2, 0.25) is 0 Å². The summed E-state index contributed by atoms with van der Waals surface area (Å²) in [7, 11) is 0. The highest BCUT2D eigenvalue weighted by atomic mass is 16.5. The summed E-state index contributed by atoms with van der Waals surface area (Å²) in [5, 5.41) is 3.29. The predicted octanol–water partition coefficient (Wildman–Crippen LogP) is 0.461. The molecule has 0 aromatic carbocycles. The molecule has 0 amide bonds. The van der Waals surface area contributed by atoms with E-state index in [-0.39, 0.29) is 6.04 Å². The number of nitrogens with one attached hydrogen (secondary N) is 1. The Balaban J connectivity index is 1.73. The normalized spacial score (nSPS) is 33.3. The molecule has 3 atom stereocenters. The van der Waals surface area contributed by atoms with Gasteiger partial charge in [-0.3, -0.25) is 4.90 Å². The van der Waals surface area contributed by atoms with Gasteiger partial charge in [0.25, 0.3) is 0 Å². The lowest BCUT2D eigenvalue weighted by atomic mass is 10.2. The fourth-order valence-corrected chi connectivity index (χ4v) is 2.38. The van der Waals surface area contributed by atoms with Crippen LogP contribution in [0, 0.1) is 12.3 Å². The van der Waals surface area contributed by atoms with Crippen molar-refractivity contribution in [1.82, 2.24) is 10.2 Å². The van der Waals surface area contributed by atoms with Crippen LogP contribution in [-0.4, -0.2) is 49.3 Å². The van der Waals surface area contributed by atoms with Gasteiger partial charge in [0.05, 0.1) is 18.8 Å². The fourth-order valence-electron chi connectivity index (χ4n) is 2.38. The average Bonchev–Trinajstić information content (AvgIpc) is 2.72. The molecule has 0 radical (unpaired) electrons. The van der Waals surface area contributed by atoms with E-state index in [9.17, 15) is 0 Å². The summed E-state index contributed by atoms with van der Waals surface area (Å²) in [5.41, 5.74) is 0. The lowest BCUT2D eigenvalue weighted by Gasteiger charge is -2.35. The minimum absolute atomic E-state index is 0.143. The van der Waals surface area contributed by atoms with Crippen LogP contribution >= 0.6 is 0 Å². The topological polar surface area (TPSA) is 24.5 Å². The highest BCUT2D eigenvalue weighted by Crippen LogP contribution is 2.22. The third-order valence-corrected chi connectivity index (χ3v) is 3.36. The van der Waals surface area contributed by atoms with Gasteiger partial charge in [0.1, 0.15) is 0 Å². The van der Waals surface area contributed by atoms with Gasteiger partial charge in [-0.2, -0.15) is 0 Å². The molecule has 2 heterocycles. The summed E-state index contributed by atoms with van der Waals surface area (Å²) in [4.78, 5) is 2.55. The van der Waals surface area contributed by atoms with Crippen LogP contribution in [0.5, 0.6) is 0 Å². The third kappa shape index (κ3) is 2.72. The van der Waals surface area contributed by atoms with Gasteiger partial charge in [-0.05, 0) is 26.3 Å². The Kier molecular flexibility index (Phi) is 3.63. The van der Waals surface area contributed by atoms with Gasteiger partial charge in [0.15, 0.2) is 0 Å². The Labute approximate surface area is 92.2 Å². The van der Waals surface area contributed by atoms with E-state index in [4.69, 9.17) is 11.2 Å². The molecule has 84 valence electrons. The van der Waals surface area contributed by atoms with Crippen molar-refractivity contribution >= 4 is 0 Å². The number of hydrogen-bond donors (Lipinski definition) is 1. The van der Waals surface area contributed by atoms with E-state index in [1.54, 1.807) is 0 Å². The first-order chi connectivity index (χ1) is 7.29. The molecule has 0 aromatic heterocycles. The minimum Gasteiger partial charge on any atom is -0.374 e. The second kappa shape index (κ2) is 4.98. The zero-order chi connectivity index (χ0) is 10.7. The summed E-state index contributed by atoms with van der Waals surface area (Å²) in [6, 6.07) is 0.830. The zero-order valence-electron chi connectivity index (χ0n) is 9.41. The Morgan fingerprint density at radius 1 is 1.67 bits per heavy atom. The Morgan fingerprint density at radius 3 is 3.33 bits per heavy atom. The molecule has 0 spiro atoms. The molecule has 2 rings (SSSR count). The smallest absolute Gasteiger partial charge is 0.0827 e. The van der Waals surface area contributed by atoms with Crippen molar-refractivity contribution in [3.05, 3.63) is 0 Å². The molecule has 0 aliphatic carbocycles. The molecule has 2 aliphatic rings. The van der Waals surface area contributed by atoms with Crippen LogP contribution in [-0.2, 0) is 4.74 Å². The van der Waals surface area contributed by atoms with E-state index in [1.165, 1.54) is 19.4 Å².